The Bertz CT molecular complexity index is 1180. The lowest BCUT2D eigenvalue weighted by Crippen LogP contribution is -2.44. The molecule has 0 bridgehead atoms. The van der Waals surface area contributed by atoms with Gasteiger partial charge in [0.25, 0.3) is 11.1 Å². The van der Waals surface area contributed by atoms with E-state index in [2.05, 4.69) is 15.9 Å². The number of hydrogen-bond acceptors (Lipinski definition) is 6. The van der Waals surface area contributed by atoms with Gasteiger partial charge in [-0.3, -0.25) is 19.3 Å². The van der Waals surface area contributed by atoms with Crippen molar-refractivity contribution in [2.45, 2.75) is 32.8 Å². The molecule has 0 aromatic heterocycles. The summed E-state index contributed by atoms with van der Waals surface area (Å²) < 4.78 is 25.5. The summed E-state index contributed by atoms with van der Waals surface area (Å²) in [6.07, 6.45) is 4.57. The van der Waals surface area contributed by atoms with E-state index in [1.165, 1.54) is 12.1 Å². The summed E-state index contributed by atoms with van der Waals surface area (Å²) >= 11 is 4.32. The number of benzene rings is 2. The maximum Gasteiger partial charge on any atom is 0.294 e. The molecule has 10 heteroatoms. The van der Waals surface area contributed by atoms with E-state index >= 15 is 0 Å². The summed E-state index contributed by atoms with van der Waals surface area (Å²) in [7, 11) is 0. The summed E-state index contributed by atoms with van der Waals surface area (Å²) in [6.45, 7) is 3.52. The van der Waals surface area contributed by atoms with Crippen LogP contribution in [0.3, 0.4) is 0 Å². The van der Waals surface area contributed by atoms with Crippen LogP contribution in [0.5, 0.6) is 11.5 Å². The zero-order chi connectivity index (χ0) is 25.7. The fraction of sp³-hybridized carbons (Fsp3) is 0.346. The molecule has 0 radical (unpaired) electrons. The van der Waals surface area contributed by atoms with Gasteiger partial charge >= 0.3 is 0 Å². The molecular weight excluding hydrogens is 551 g/mol. The first-order valence-corrected chi connectivity index (χ1v) is 13.3. The molecule has 0 N–H and O–H groups in total. The fourth-order valence-electron chi connectivity index (χ4n) is 3.98. The van der Waals surface area contributed by atoms with Crippen molar-refractivity contribution in [2.24, 2.45) is 0 Å². The fourth-order valence-corrected chi connectivity index (χ4v) is 5.39. The largest absolute Gasteiger partial charge is 0.490 e. The first-order chi connectivity index (χ1) is 17.4. The van der Waals surface area contributed by atoms with Crippen molar-refractivity contribution < 1.29 is 28.2 Å². The van der Waals surface area contributed by atoms with Gasteiger partial charge in [0, 0.05) is 13.1 Å². The van der Waals surface area contributed by atoms with Gasteiger partial charge in [0.05, 0.1) is 16.0 Å². The number of carbonyl (C=O) groups excluding carboxylic acids is 3. The van der Waals surface area contributed by atoms with Crippen molar-refractivity contribution >= 4 is 50.8 Å². The first-order valence-electron chi connectivity index (χ1n) is 11.7. The molecule has 0 spiro atoms. The summed E-state index contributed by atoms with van der Waals surface area (Å²) in [5, 5.41) is -0.458. The maximum atomic E-state index is 13.2. The molecule has 2 aliphatic heterocycles. The molecule has 2 heterocycles. The highest BCUT2D eigenvalue weighted by molar-refractivity contribution is 9.10. The lowest BCUT2D eigenvalue weighted by atomic mass is 10.1. The number of rotatable bonds is 8. The Morgan fingerprint density at radius 3 is 2.53 bits per heavy atom. The third kappa shape index (κ3) is 6.28. The topological polar surface area (TPSA) is 76.2 Å². The highest BCUT2D eigenvalue weighted by atomic mass is 79.9. The van der Waals surface area contributed by atoms with Gasteiger partial charge in [0.2, 0.25) is 5.91 Å². The Morgan fingerprint density at radius 2 is 1.83 bits per heavy atom. The van der Waals surface area contributed by atoms with Crippen LogP contribution in [0.25, 0.3) is 6.08 Å². The Labute approximate surface area is 221 Å². The number of halogens is 2. The highest BCUT2D eigenvalue weighted by Gasteiger charge is 2.37. The van der Waals surface area contributed by atoms with Crippen LogP contribution in [-0.2, 0) is 16.2 Å². The van der Waals surface area contributed by atoms with Crippen molar-refractivity contribution in [2.75, 3.05) is 26.2 Å². The molecule has 7 nitrogen and oxygen atoms in total. The van der Waals surface area contributed by atoms with Gasteiger partial charge in [0.15, 0.2) is 11.5 Å². The number of likely N-dealkylation sites (tertiary alicyclic amines) is 1. The minimum Gasteiger partial charge on any atom is -0.490 e. The Morgan fingerprint density at radius 1 is 1.11 bits per heavy atom. The number of amides is 3. The smallest absolute Gasteiger partial charge is 0.294 e. The number of ether oxygens (including phenoxy) is 2. The molecule has 2 fully saturated rings. The standard InChI is InChI=1S/C26H26BrFN2O5S/c1-2-34-21-13-18(12-20(27)24(21)35-16-17-6-8-19(28)9-7-17)14-22-25(32)30(26(33)36-22)15-23(31)29-10-4-3-5-11-29/h6-9,12-14H,2-5,10-11,15-16H2,1H3/b22-14-. The van der Waals surface area contributed by atoms with Crippen molar-refractivity contribution in [3.63, 3.8) is 0 Å². The van der Waals surface area contributed by atoms with Crippen LogP contribution in [-0.4, -0.2) is 53.1 Å². The van der Waals surface area contributed by atoms with Crippen LogP contribution in [0.2, 0.25) is 0 Å². The van der Waals surface area contributed by atoms with Crippen LogP contribution in [0.4, 0.5) is 9.18 Å². The quantitative estimate of drug-likeness (QED) is 0.380. The van der Waals surface area contributed by atoms with E-state index in [0.29, 0.717) is 41.2 Å². The lowest BCUT2D eigenvalue weighted by molar-refractivity contribution is -0.136. The molecule has 2 aliphatic rings. The lowest BCUT2D eigenvalue weighted by Gasteiger charge is -2.27. The molecular formula is C26H26BrFN2O5S. The molecule has 2 saturated heterocycles. The zero-order valence-electron chi connectivity index (χ0n) is 19.8. The number of hydrogen-bond donors (Lipinski definition) is 0. The predicted octanol–water partition coefficient (Wildman–Crippen LogP) is 5.61. The maximum absolute atomic E-state index is 13.2. The van der Waals surface area contributed by atoms with Crippen molar-refractivity contribution in [3.05, 3.63) is 62.7 Å². The minimum absolute atomic E-state index is 0.206. The van der Waals surface area contributed by atoms with Gasteiger partial charge in [-0.1, -0.05) is 12.1 Å². The number of carbonyl (C=O) groups is 3. The Balaban J connectivity index is 1.50. The van der Waals surface area contributed by atoms with Crippen LogP contribution >= 0.6 is 27.7 Å². The molecule has 0 saturated carbocycles. The van der Waals surface area contributed by atoms with Gasteiger partial charge in [-0.15, -0.1) is 0 Å². The van der Waals surface area contributed by atoms with Gasteiger partial charge < -0.3 is 14.4 Å². The first kappa shape index (κ1) is 26.2. The molecule has 0 atom stereocenters. The third-order valence-electron chi connectivity index (χ3n) is 5.80. The van der Waals surface area contributed by atoms with Crippen LogP contribution < -0.4 is 9.47 Å². The van der Waals surface area contributed by atoms with Crippen molar-refractivity contribution in [1.82, 2.24) is 9.80 Å². The normalized spacial score (nSPS) is 17.1. The molecule has 36 heavy (non-hydrogen) atoms. The average molecular weight is 577 g/mol. The van der Waals surface area contributed by atoms with Crippen molar-refractivity contribution in [3.8, 4) is 11.5 Å². The van der Waals surface area contributed by atoms with E-state index in [0.717, 1.165) is 41.5 Å². The SMILES string of the molecule is CCOc1cc(/C=C2\SC(=O)N(CC(=O)N3CCCCC3)C2=O)cc(Br)c1OCc1ccc(F)cc1. The van der Waals surface area contributed by atoms with Gasteiger partial charge in [-0.05, 0) is 95.3 Å². The monoisotopic (exact) mass is 576 g/mol. The van der Waals surface area contributed by atoms with E-state index < -0.39 is 11.1 Å². The second-order valence-electron chi connectivity index (χ2n) is 8.39. The zero-order valence-corrected chi connectivity index (χ0v) is 22.2. The number of nitrogens with zero attached hydrogens (tertiary/aromatic N) is 2. The number of piperidine rings is 1. The van der Waals surface area contributed by atoms with E-state index in [1.54, 1.807) is 35.2 Å². The van der Waals surface area contributed by atoms with E-state index in [4.69, 9.17) is 9.47 Å². The molecule has 190 valence electrons. The summed E-state index contributed by atoms with van der Waals surface area (Å²) in [5.74, 6) is -0.0822. The van der Waals surface area contributed by atoms with Gasteiger partial charge in [-0.25, -0.2) is 4.39 Å². The minimum atomic E-state index is -0.485. The Kier molecular flexibility index (Phi) is 8.68. The Hall–Kier alpha value is -2.85. The molecule has 3 amide bonds. The summed E-state index contributed by atoms with van der Waals surface area (Å²) in [4.78, 5) is 41.0. The highest BCUT2D eigenvalue weighted by Crippen LogP contribution is 2.39. The van der Waals surface area contributed by atoms with E-state index in [1.807, 2.05) is 6.92 Å². The average Bonchev–Trinajstić information content (AvgIpc) is 3.12. The van der Waals surface area contributed by atoms with Crippen molar-refractivity contribution in [1.29, 1.82) is 0 Å². The van der Waals surface area contributed by atoms with Gasteiger partial charge in [0.1, 0.15) is 19.0 Å². The second kappa shape index (κ2) is 11.9. The van der Waals surface area contributed by atoms with Gasteiger partial charge in [-0.2, -0.15) is 0 Å². The molecule has 0 aliphatic carbocycles. The molecule has 0 unspecified atom stereocenters. The molecule has 2 aromatic carbocycles. The van der Waals surface area contributed by atoms with Crippen LogP contribution in [0.1, 0.15) is 37.3 Å². The van der Waals surface area contributed by atoms with Crippen LogP contribution in [0, 0.1) is 5.82 Å². The van der Waals surface area contributed by atoms with E-state index in [9.17, 15) is 18.8 Å². The molecule has 2 aromatic rings. The summed E-state index contributed by atoms with van der Waals surface area (Å²) in [5.41, 5.74) is 1.43. The second-order valence-corrected chi connectivity index (χ2v) is 10.2. The predicted molar refractivity (Wildman–Crippen MR) is 139 cm³/mol. The third-order valence-corrected chi connectivity index (χ3v) is 7.30. The van der Waals surface area contributed by atoms with E-state index in [-0.39, 0.29) is 29.8 Å². The summed E-state index contributed by atoms with van der Waals surface area (Å²) in [6, 6.07) is 9.51. The number of thioether (sulfide) groups is 1. The van der Waals surface area contributed by atoms with Crippen LogP contribution in [0.15, 0.2) is 45.8 Å². The number of imide groups is 1. The molecule has 4 rings (SSSR count).